The Bertz CT molecular complexity index is 1290. The van der Waals surface area contributed by atoms with Crippen LogP contribution < -0.4 is 19.5 Å². The predicted octanol–water partition coefficient (Wildman–Crippen LogP) is 5.28. The van der Waals surface area contributed by atoms with Gasteiger partial charge in [-0.3, -0.25) is 4.79 Å². The fourth-order valence-corrected chi connectivity index (χ4v) is 3.60. The number of hydrogen-bond acceptors (Lipinski definition) is 5. The number of ether oxygens (including phenoxy) is 3. The number of anilines is 1. The lowest BCUT2D eigenvalue weighted by Crippen LogP contribution is -2.13. The molecule has 0 saturated heterocycles. The number of para-hydroxylation sites is 1. The molecule has 1 aliphatic rings. The molecule has 4 aromatic rings. The maximum Gasteiger partial charge on any atom is 0.256 e. The number of nitrogens with one attached hydrogen (secondary N) is 1. The van der Waals surface area contributed by atoms with Crippen LogP contribution >= 0.6 is 0 Å². The number of aromatic nitrogens is 1. The maximum atomic E-state index is 13.2. The molecule has 0 saturated carbocycles. The molecule has 0 unspecified atom stereocenters. The average Bonchev–Trinajstić information content (AvgIpc) is 3.26. The lowest BCUT2D eigenvalue weighted by atomic mass is 10.0. The summed E-state index contributed by atoms with van der Waals surface area (Å²) in [6, 6.07) is 22.5. The number of hydrogen-bond donors (Lipinski definition) is 1. The van der Waals surface area contributed by atoms with E-state index < -0.39 is 0 Å². The number of fused-ring (bicyclic) bond motifs is 2. The van der Waals surface area contributed by atoms with Crippen molar-refractivity contribution in [3.8, 4) is 28.5 Å². The van der Waals surface area contributed by atoms with E-state index in [4.69, 9.17) is 19.2 Å². The van der Waals surface area contributed by atoms with E-state index in [0.717, 1.165) is 22.2 Å². The lowest BCUT2D eigenvalue weighted by molar-refractivity contribution is 0.102. The van der Waals surface area contributed by atoms with Crippen LogP contribution in [0, 0.1) is 0 Å². The first-order valence-corrected chi connectivity index (χ1v) is 10.1. The molecule has 3 aromatic carbocycles. The molecule has 0 fully saturated rings. The molecule has 1 aliphatic heterocycles. The number of nitrogens with zero attached hydrogens (tertiary/aromatic N) is 1. The summed E-state index contributed by atoms with van der Waals surface area (Å²) in [7, 11) is 0. The molecule has 0 aliphatic carbocycles. The quantitative estimate of drug-likeness (QED) is 0.483. The Labute approximate surface area is 179 Å². The number of pyridine rings is 1. The van der Waals surface area contributed by atoms with Crippen LogP contribution in [0.3, 0.4) is 0 Å². The van der Waals surface area contributed by atoms with E-state index >= 15 is 0 Å². The van der Waals surface area contributed by atoms with Gasteiger partial charge in [-0.15, -0.1) is 0 Å². The molecule has 0 bridgehead atoms. The van der Waals surface area contributed by atoms with Gasteiger partial charge in [0, 0.05) is 22.7 Å². The largest absolute Gasteiger partial charge is 0.494 e. The van der Waals surface area contributed by atoms with Crippen LogP contribution in [-0.4, -0.2) is 24.3 Å². The predicted molar refractivity (Wildman–Crippen MR) is 119 cm³/mol. The fourth-order valence-electron chi connectivity index (χ4n) is 3.60. The lowest BCUT2D eigenvalue weighted by Gasteiger charge is -2.12. The summed E-state index contributed by atoms with van der Waals surface area (Å²) >= 11 is 0. The van der Waals surface area contributed by atoms with Gasteiger partial charge in [0.2, 0.25) is 6.79 Å². The van der Waals surface area contributed by atoms with Crippen LogP contribution in [0.25, 0.3) is 22.2 Å². The van der Waals surface area contributed by atoms with E-state index in [1.54, 1.807) is 18.2 Å². The molecule has 1 aromatic heterocycles. The topological polar surface area (TPSA) is 69.7 Å². The summed E-state index contributed by atoms with van der Waals surface area (Å²) in [6.07, 6.45) is 0. The molecule has 5 rings (SSSR count). The number of benzene rings is 3. The Balaban J connectivity index is 1.54. The monoisotopic (exact) mass is 412 g/mol. The fraction of sp³-hybridized carbons (Fsp3) is 0.120. The normalized spacial score (nSPS) is 12.0. The van der Waals surface area contributed by atoms with Crippen molar-refractivity contribution in [2.24, 2.45) is 0 Å². The van der Waals surface area contributed by atoms with Crippen LogP contribution in [0.2, 0.25) is 0 Å². The van der Waals surface area contributed by atoms with E-state index in [1.165, 1.54) is 0 Å². The zero-order valence-corrected chi connectivity index (χ0v) is 16.9. The van der Waals surface area contributed by atoms with Gasteiger partial charge in [-0.1, -0.05) is 30.3 Å². The summed E-state index contributed by atoms with van der Waals surface area (Å²) in [6.45, 7) is 2.71. The second kappa shape index (κ2) is 7.99. The van der Waals surface area contributed by atoms with Crippen molar-refractivity contribution in [3.05, 3.63) is 78.4 Å². The van der Waals surface area contributed by atoms with Gasteiger partial charge in [0.25, 0.3) is 5.91 Å². The third-order valence-electron chi connectivity index (χ3n) is 5.03. The highest BCUT2D eigenvalue weighted by atomic mass is 16.7. The molecular formula is C25H20N2O4. The summed E-state index contributed by atoms with van der Waals surface area (Å²) in [5.41, 5.74) is 3.51. The standard InChI is InChI=1S/C25H20N2O4/c1-2-29-18-7-5-6-16(12-18)22-14-20(19-8-3-4-9-21(19)27-22)25(28)26-17-10-11-23-24(13-17)31-15-30-23/h3-14H,2,15H2,1H3,(H,26,28). The van der Waals surface area contributed by atoms with Crippen molar-refractivity contribution in [1.82, 2.24) is 4.98 Å². The smallest absolute Gasteiger partial charge is 0.256 e. The maximum absolute atomic E-state index is 13.2. The minimum absolute atomic E-state index is 0.186. The van der Waals surface area contributed by atoms with E-state index in [1.807, 2.05) is 61.5 Å². The van der Waals surface area contributed by atoms with Crippen molar-refractivity contribution in [3.63, 3.8) is 0 Å². The first-order chi connectivity index (χ1) is 15.2. The Morgan fingerprint density at radius 1 is 1.00 bits per heavy atom. The molecule has 2 heterocycles. The minimum atomic E-state index is -0.223. The van der Waals surface area contributed by atoms with Gasteiger partial charge in [0.05, 0.1) is 23.4 Å². The first-order valence-electron chi connectivity index (χ1n) is 10.1. The van der Waals surface area contributed by atoms with Gasteiger partial charge < -0.3 is 19.5 Å². The van der Waals surface area contributed by atoms with Crippen LogP contribution in [0.1, 0.15) is 17.3 Å². The minimum Gasteiger partial charge on any atom is -0.494 e. The molecule has 0 radical (unpaired) electrons. The van der Waals surface area contributed by atoms with Gasteiger partial charge >= 0.3 is 0 Å². The van der Waals surface area contributed by atoms with E-state index in [0.29, 0.717) is 35.1 Å². The highest BCUT2D eigenvalue weighted by Gasteiger charge is 2.17. The van der Waals surface area contributed by atoms with Gasteiger partial charge in [0.15, 0.2) is 11.5 Å². The van der Waals surface area contributed by atoms with Gasteiger partial charge in [-0.2, -0.15) is 0 Å². The van der Waals surface area contributed by atoms with E-state index in [2.05, 4.69) is 5.32 Å². The van der Waals surface area contributed by atoms with Crippen LogP contribution in [0.4, 0.5) is 5.69 Å². The molecule has 31 heavy (non-hydrogen) atoms. The van der Waals surface area contributed by atoms with Crippen molar-refractivity contribution in [2.45, 2.75) is 6.92 Å². The van der Waals surface area contributed by atoms with Crippen LogP contribution in [-0.2, 0) is 0 Å². The zero-order valence-electron chi connectivity index (χ0n) is 16.9. The molecule has 6 heteroatoms. The van der Waals surface area contributed by atoms with Crippen LogP contribution in [0.15, 0.2) is 72.8 Å². The van der Waals surface area contributed by atoms with Crippen molar-refractivity contribution in [2.75, 3.05) is 18.7 Å². The summed E-state index contributed by atoms with van der Waals surface area (Å²) in [5.74, 6) is 1.83. The van der Waals surface area contributed by atoms with Gasteiger partial charge in [0.1, 0.15) is 5.75 Å². The second-order valence-corrected chi connectivity index (χ2v) is 7.06. The van der Waals surface area contributed by atoms with Gasteiger partial charge in [-0.05, 0) is 43.3 Å². The van der Waals surface area contributed by atoms with E-state index in [-0.39, 0.29) is 12.7 Å². The summed E-state index contributed by atoms with van der Waals surface area (Å²) in [4.78, 5) is 18.0. The third kappa shape index (κ3) is 3.75. The SMILES string of the molecule is CCOc1cccc(-c2cc(C(=O)Nc3ccc4c(c3)OCO4)c3ccccc3n2)c1. The Hall–Kier alpha value is -4.06. The molecule has 0 spiro atoms. The number of carbonyl (C=O) groups excluding carboxylic acids is 1. The Morgan fingerprint density at radius 2 is 1.87 bits per heavy atom. The molecule has 0 atom stereocenters. The Kier molecular flexibility index (Phi) is 4.88. The summed E-state index contributed by atoms with van der Waals surface area (Å²) < 4.78 is 16.4. The van der Waals surface area contributed by atoms with Crippen molar-refractivity contribution in [1.29, 1.82) is 0 Å². The number of rotatable bonds is 5. The number of carbonyl (C=O) groups is 1. The Morgan fingerprint density at radius 3 is 2.77 bits per heavy atom. The highest BCUT2D eigenvalue weighted by Crippen LogP contribution is 2.34. The summed E-state index contributed by atoms with van der Waals surface area (Å²) in [5, 5.41) is 3.75. The first kappa shape index (κ1) is 18.9. The molecule has 1 N–H and O–H groups in total. The van der Waals surface area contributed by atoms with Crippen molar-refractivity contribution < 1.29 is 19.0 Å². The molecular weight excluding hydrogens is 392 g/mol. The highest BCUT2D eigenvalue weighted by molar-refractivity contribution is 6.13. The average molecular weight is 412 g/mol. The molecule has 154 valence electrons. The van der Waals surface area contributed by atoms with Gasteiger partial charge in [-0.25, -0.2) is 4.98 Å². The molecule has 6 nitrogen and oxygen atoms in total. The van der Waals surface area contributed by atoms with Crippen molar-refractivity contribution >= 4 is 22.5 Å². The number of amides is 1. The second-order valence-electron chi connectivity index (χ2n) is 7.06. The zero-order chi connectivity index (χ0) is 21.2. The third-order valence-corrected chi connectivity index (χ3v) is 5.03. The molecule has 1 amide bonds. The van der Waals surface area contributed by atoms with Crippen LogP contribution in [0.5, 0.6) is 17.2 Å². The van der Waals surface area contributed by atoms with E-state index in [9.17, 15) is 4.79 Å².